The highest BCUT2D eigenvalue weighted by atomic mass is 79.9. The van der Waals surface area contributed by atoms with E-state index >= 15 is 0 Å². The van der Waals surface area contributed by atoms with Crippen LogP contribution in [0.3, 0.4) is 0 Å². The zero-order valence-electron chi connectivity index (χ0n) is 21.6. The summed E-state index contributed by atoms with van der Waals surface area (Å²) in [6.45, 7) is 0.515. The molecule has 8 heteroatoms. The van der Waals surface area contributed by atoms with Crippen molar-refractivity contribution in [3.05, 3.63) is 80.0 Å². The van der Waals surface area contributed by atoms with Crippen molar-refractivity contribution < 1.29 is 14.4 Å². The molecule has 196 valence electrons. The van der Waals surface area contributed by atoms with Gasteiger partial charge in [-0.1, -0.05) is 56.1 Å². The van der Waals surface area contributed by atoms with E-state index in [-0.39, 0.29) is 43.3 Å². The molecule has 1 N–H and O–H groups in total. The van der Waals surface area contributed by atoms with Gasteiger partial charge in [-0.15, -0.1) is 0 Å². The Labute approximate surface area is 236 Å². The summed E-state index contributed by atoms with van der Waals surface area (Å²) < 4.78 is 1.90. The Kier molecular flexibility index (Phi) is 10.4. The Morgan fingerprint density at radius 2 is 1.22 bits per heavy atom. The second-order valence-electron chi connectivity index (χ2n) is 9.62. The van der Waals surface area contributed by atoms with Gasteiger partial charge in [0.2, 0.25) is 0 Å². The third kappa shape index (κ3) is 8.22. The average molecular weight is 631 g/mol. The van der Waals surface area contributed by atoms with Crippen molar-refractivity contribution in [2.24, 2.45) is 11.8 Å². The van der Waals surface area contributed by atoms with Crippen LogP contribution in [0.25, 0.3) is 12.2 Å². The Bertz CT molecular complexity index is 1130. The van der Waals surface area contributed by atoms with Crippen molar-refractivity contribution in [1.82, 2.24) is 15.1 Å². The van der Waals surface area contributed by atoms with Crippen molar-refractivity contribution in [3.63, 3.8) is 0 Å². The van der Waals surface area contributed by atoms with Gasteiger partial charge in [0.1, 0.15) is 11.6 Å². The number of allylic oxidation sites excluding steroid dienone is 2. The number of rotatable bonds is 10. The van der Waals surface area contributed by atoms with Gasteiger partial charge in [-0.2, -0.15) is 0 Å². The number of carbonyl (C=O) groups is 3. The maximum Gasteiger partial charge on any atom is 0.156 e. The van der Waals surface area contributed by atoms with E-state index in [1.165, 1.54) is 0 Å². The summed E-state index contributed by atoms with van der Waals surface area (Å²) in [5, 5.41) is 3.16. The quantitative estimate of drug-likeness (QED) is 0.371. The average Bonchev–Trinajstić information content (AvgIpc) is 2.83. The Morgan fingerprint density at radius 3 is 1.57 bits per heavy atom. The summed E-state index contributed by atoms with van der Waals surface area (Å²) in [6, 6.07) is 15.6. The minimum absolute atomic E-state index is 0.115. The van der Waals surface area contributed by atoms with Gasteiger partial charge in [0.15, 0.2) is 5.78 Å². The normalized spacial score (nSPS) is 18.5. The number of hydrogen-bond donors (Lipinski definition) is 1. The highest BCUT2D eigenvalue weighted by molar-refractivity contribution is 9.10. The molecule has 2 atom stereocenters. The van der Waals surface area contributed by atoms with Gasteiger partial charge in [-0.05, 0) is 47.5 Å². The lowest BCUT2D eigenvalue weighted by Gasteiger charge is -2.29. The first-order valence-electron chi connectivity index (χ1n) is 12.1. The first kappa shape index (κ1) is 29.0. The smallest absolute Gasteiger partial charge is 0.156 e. The molecule has 2 aromatic rings. The summed E-state index contributed by atoms with van der Waals surface area (Å²) in [6.07, 6.45) is 4.12. The zero-order valence-corrected chi connectivity index (χ0v) is 24.8. The van der Waals surface area contributed by atoms with Crippen LogP contribution in [0.4, 0.5) is 0 Å². The number of halogens is 2. The van der Waals surface area contributed by atoms with Gasteiger partial charge in [0.25, 0.3) is 0 Å². The number of Topliss-reactive ketones (excluding diaryl/α,β-unsaturated/α-hetero) is 3. The molecule has 1 fully saturated rings. The molecule has 2 unspecified atom stereocenters. The van der Waals surface area contributed by atoms with Crippen LogP contribution in [0.1, 0.15) is 24.0 Å². The predicted molar refractivity (Wildman–Crippen MR) is 156 cm³/mol. The van der Waals surface area contributed by atoms with E-state index in [1.807, 2.05) is 98.7 Å². The Morgan fingerprint density at radius 1 is 0.811 bits per heavy atom. The standard InChI is InChI=1S/C29H33Br2N3O3/c1-33(2)23(13-19-7-5-9-21(30)11-19)15-27(35)25-17-32-18-26(29(25)37)28(36)16-24(34(3)4)14-20-8-6-10-22(31)12-20/h5-14,25-26,32H,15-18H2,1-4H3/b23-13+,24-14+. The largest absolute Gasteiger partial charge is 0.381 e. The minimum atomic E-state index is -0.842. The molecule has 6 nitrogen and oxygen atoms in total. The number of ketones is 3. The van der Waals surface area contributed by atoms with Gasteiger partial charge in [0.05, 0.1) is 11.8 Å². The third-order valence-corrected chi connectivity index (χ3v) is 7.37. The number of nitrogens with zero attached hydrogens (tertiary/aromatic N) is 2. The second kappa shape index (κ2) is 13.3. The topological polar surface area (TPSA) is 69.7 Å². The molecule has 0 amide bonds. The van der Waals surface area contributed by atoms with E-state index in [2.05, 4.69) is 37.2 Å². The lowest BCUT2D eigenvalue weighted by molar-refractivity contribution is -0.140. The van der Waals surface area contributed by atoms with Crippen molar-refractivity contribution in [3.8, 4) is 0 Å². The molecule has 1 aliphatic rings. The van der Waals surface area contributed by atoms with Crippen molar-refractivity contribution >= 4 is 61.4 Å². The SMILES string of the molecule is CN(C)/C(=C/c1cccc(Br)c1)CC(=O)C1CNCC(C(=O)C/C(=C\c2cccc(Br)c2)N(C)C)C1=O. The molecule has 0 radical (unpaired) electrons. The molecular formula is C29H33Br2N3O3. The Hall–Kier alpha value is -2.55. The number of carbonyl (C=O) groups excluding carboxylic acids is 3. The molecule has 0 bridgehead atoms. The van der Waals surface area contributed by atoms with Crippen LogP contribution in [0.15, 0.2) is 68.9 Å². The molecular weight excluding hydrogens is 598 g/mol. The maximum absolute atomic E-state index is 13.4. The van der Waals surface area contributed by atoms with Gasteiger partial charge in [-0.25, -0.2) is 0 Å². The van der Waals surface area contributed by atoms with E-state index in [0.29, 0.717) is 0 Å². The van der Waals surface area contributed by atoms with Gasteiger partial charge >= 0.3 is 0 Å². The molecule has 1 aliphatic heterocycles. The highest BCUT2D eigenvalue weighted by Gasteiger charge is 2.39. The molecule has 0 aromatic heterocycles. The van der Waals surface area contributed by atoms with Gasteiger partial charge < -0.3 is 15.1 Å². The lowest BCUT2D eigenvalue weighted by atomic mass is 9.81. The monoisotopic (exact) mass is 629 g/mol. The van der Waals surface area contributed by atoms with Crippen molar-refractivity contribution in [2.75, 3.05) is 41.3 Å². The summed E-state index contributed by atoms with van der Waals surface area (Å²) >= 11 is 6.95. The lowest BCUT2D eigenvalue weighted by Crippen LogP contribution is -2.50. The zero-order chi connectivity index (χ0) is 27.1. The fourth-order valence-electron chi connectivity index (χ4n) is 4.22. The molecule has 0 aliphatic carbocycles. The minimum Gasteiger partial charge on any atom is -0.381 e. The van der Waals surface area contributed by atoms with Crippen molar-refractivity contribution in [2.45, 2.75) is 12.8 Å². The number of benzene rings is 2. The number of piperidine rings is 1. The second-order valence-corrected chi connectivity index (χ2v) is 11.5. The molecule has 1 saturated heterocycles. The Balaban J connectivity index is 1.74. The molecule has 37 heavy (non-hydrogen) atoms. The van der Waals surface area contributed by atoms with Gasteiger partial charge in [-0.3, -0.25) is 14.4 Å². The third-order valence-electron chi connectivity index (χ3n) is 6.38. The molecule has 2 aromatic carbocycles. The molecule has 1 heterocycles. The summed E-state index contributed by atoms with van der Waals surface area (Å²) in [5.41, 5.74) is 3.52. The van der Waals surface area contributed by atoms with Crippen LogP contribution < -0.4 is 5.32 Å². The fraction of sp³-hybridized carbons (Fsp3) is 0.345. The molecule has 3 rings (SSSR count). The van der Waals surface area contributed by atoms with Crippen LogP contribution >= 0.6 is 31.9 Å². The first-order chi connectivity index (χ1) is 17.5. The predicted octanol–water partition coefficient (Wildman–Crippen LogP) is 5.04. The van der Waals surface area contributed by atoms with Gasteiger partial charge in [0, 0.05) is 74.5 Å². The van der Waals surface area contributed by atoms with Crippen LogP contribution in [-0.4, -0.2) is 68.4 Å². The van der Waals surface area contributed by atoms with E-state index in [0.717, 1.165) is 31.5 Å². The fourth-order valence-corrected chi connectivity index (χ4v) is 5.05. The van der Waals surface area contributed by atoms with Crippen molar-refractivity contribution in [1.29, 1.82) is 0 Å². The number of nitrogens with one attached hydrogen (secondary N) is 1. The van der Waals surface area contributed by atoms with E-state index < -0.39 is 11.8 Å². The highest BCUT2D eigenvalue weighted by Crippen LogP contribution is 2.24. The van der Waals surface area contributed by atoms with Crippen LogP contribution in [0, 0.1) is 11.8 Å². The first-order valence-corrected chi connectivity index (χ1v) is 13.7. The molecule has 0 spiro atoms. The summed E-state index contributed by atoms with van der Waals surface area (Å²) in [5.74, 6) is -2.32. The summed E-state index contributed by atoms with van der Waals surface area (Å²) in [7, 11) is 7.52. The van der Waals surface area contributed by atoms with Crippen LogP contribution in [0.5, 0.6) is 0 Å². The maximum atomic E-state index is 13.4. The van der Waals surface area contributed by atoms with E-state index in [1.54, 1.807) is 0 Å². The van der Waals surface area contributed by atoms with Crippen LogP contribution in [-0.2, 0) is 14.4 Å². The van der Waals surface area contributed by atoms with E-state index in [4.69, 9.17) is 0 Å². The summed E-state index contributed by atoms with van der Waals surface area (Å²) in [4.78, 5) is 43.7. The van der Waals surface area contributed by atoms with Crippen LogP contribution in [0.2, 0.25) is 0 Å². The molecule has 0 saturated carbocycles. The van der Waals surface area contributed by atoms with E-state index in [9.17, 15) is 14.4 Å². The number of hydrogen-bond acceptors (Lipinski definition) is 6.